The highest BCUT2D eigenvalue weighted by atomic mass is 16.5. The summed E-state index contributed by atoms with van der Waals surface area (Å²) in [6.45, 7) is 10.0. The number of benzene rings is 1. The van der Waals surface area contributed by atoms with Gasteiger partial charge in [0.1, 0.15) is 18.1 Å². The lowest BCUT2D eigenvalue weighted by molar-refractivity contribution is 0.0942. The van der Waals surface area contributed by atoms with E-state index in [-0.39, 0.29) is 18.2 Å². The number of rotatable bonds is 8. The topological polar surface area (TPSA) is 91.4 Å². The van der Waals surface area contributed by atoms with Crippen molar-refractivity contribution in [1.82, 2.24) is 20.3 Å². The molecule has 0 fully saturated rings. The first-order valence-electron chi connectivity index (χ1n) is 11.0. The molecule has 0 spiro atoms. The van der Waals surface area contributed by atoms with Crippen molar-refractivity contribution in [2.24, 2.45) is 0 Å². The number of hydrogen-bond acceptors (Lipinski definition) is 6. The van der Waals surface area contributed by atoms with Gasteiger partial charge >= 0.3 is 0 Å². The second-order valence-electron chi connectivity index (χ2n) is 8.39. The molecule has 4 rings (SSSR count). The molecule has 0 saturated carbocycles. The molecule has 0 radical (unpaired) electrons. The minimum Gasteiger partial charge on any atom is -0.489 e. The first-order valence-corrected chi connectivity index (χ1v) is 11.0. The Kier molecular flexibility index (Phi) is 6.60. The molecule has 1 aromatic carbocycles. The Hall–Kier alpha value is -3.13. The number of nitrogens with zero attached hydrogens (tertiary/aromatic N) is 3. The Morgan fingerprint density at radius 1 is 1.25 bits per heavy atom. The number of aromatic nitrogens is 3. The van der Waals surface area contributed by atoms with E-state index in [0.717, 1.165) is 35.6 Å². The van der Waals surface area contributed by atoms with E-state index in [1.165, 1.54) is 5.69 Å². The van der Waals surface area contributed by atoms with Crippen LogP contribution in [-0.2, 0) is 30.8 Å². The third-order valence-electron chi connectivity index (χ3n) is 5.67. The predicted octanol–water partition coefficient (Wildman–Crippen LogP) is 3.69. The summed E-state index contributed by atoms with van der Waals surface area (Å²) >= 11 is 0. The molecule has 8 nitrogen and oxygen atoms in total. The number of carbonyl (C=O) groups excluding carboxylic acids is 1. The monoisotopic (exact) mass is 438 g/mol. The van der Waals surface area contributed by atoms with E-state index in [9.17, 15) is 4.79 Å². The zero-order valence-corrected chi connectivity index (χ0v) is 19.1. The van der Waals surface area contributed by atoms with Crippen LogP contribution >= 0.6 is 0 Å². The number of aryl methyl sites for hydroxylation is 2. The van der Waals surface area contributed by atoms with Crippen LogP contribution in [0.2, 0.25) is 0 Å². The van der Waals surface area contributed by atoms with Crippen LogP contribution in [0.25, 0.3) is 0 Å². The number of ether oxygens (including phenoxy) is 2. The highest BCUT2D eigenvalue weighted by Gasteiger charge is 2.23. The van der Waals surface area contributed by atoms with Crippen LogP contribution in [0, 0.1) is 13.8 Å². The van der Waals surface area contributed by atoms with Crippen LogP contribution in [0.4, 0.5) is 0 Å². The van der Waals surface area contributed by atoms with Gasteiger partial charge in [-0.05, 0) is 39.8 Å². The molecule has 0 unspecified atom stereocenters. The minimum atomic E-state index is -0.280. The fraction of sp³-hybridized carbons (Fsp3) is 0.458. The van der Waals surface area contributed by atoms with Gasteiger partial charge in [-0.3, -0.25) is 9.48 Å². The smallest absolute Gasteiger partial charge is 0.273 e. The summed E-state index contributed by atoms with van der Waals surface area (Å²) in [5.74, 6) is 1.03. The Labute approximate surface area is 187 Å². The molecular weight excluding hydrogens is 408 g/mol. The fourth-order valence-electron chi connectivity index (χ4n) is 3.87. The Bertz CT molecular complexity index is 1080. The van der Waals surface area contributed by atoms with Crippen molar-refractivity contribution < 1.29 is 18.8 Å². The molecule has 1 amide bonds. The van der Waals surface area contributed by atoms with E-state index in [1.807, 2.05) is 31.2 Å². The highest BCUT2D eigenvalue weighted by Crippen LogP contribution is 2.24. The van der Waals surface area contributed by atoms with Gasteiger partial charge in [-0.2, -0.15) is 5.10 Å². The Morgan fingerprint density at radius 3 is 2.78 bits per heavy atom. The maximum atomic E-state index is 12.8. The summed E-state index contributed by atoms with van der Waals surface area (Å²) in [5, 5.41) is 11.7. The molecule has 0 aliphatic carbocycles. The molecule has 8 heteroatoms. The number of nitrogens with one attached hydrogen (secondary N) is 1. The molecule has 1 N–H and O–H groups in total. The van der Waals surface area contributed by atoms with Crippen molar-refractivity contribution in [3.63, 3.8) is 0 Å². The largest absolute Gasteiger partial charge is 0.489 e. The van der Waals surface area contributed by atoms with Crippen molar-refractivity contribution in [3.05, 3.63) is 63.8 Å². The molecule has 0 atom stereocenters. The zero-order valence-electron chi connectivity index (χ0n) is 19.1. The van der Waals surface area contributed by atoms with Gasteiger partial charge in [0.25, 0.3) is 5.91 Å². The lowest BCUT2D eigenvalue weighted by Gasteiger charge is -2.16. The number of amides is 1. The van der Waals surface area contributed by atoms with Crippen LogP contribution < -0.4 is 10.1 Å². The summed E-state index contributed by atoms with van der Waals surface area (Å²) in [4.78, 5) is 12.8. The zero-order chi connectivity index (χ0) is 22.7. The molecule has 1 aliphatic rings. The first-order chi connectivity index (χ1) is 15.4. The van der Waals surface area contributed by atoms with Crippen LogP contribution in [-0.4, -0.2) is 34.0 Å². The summed E-state index contributed by atoms with van der Waals surface area (Å²) in [6, 6.07) is 8.05. The summed E-state index contributed by atoms with van der Waals surface area (Å²) < 4.78 is 18.8. The van der Waals surface area contributed by atoms with Gasteiger partial charge in [-0.25, -0.2) is 0 Å². The third kappa shape index (κ3) is 4.70. The second kappa shape index (κ2) is 9.56. The lowest BCUT2D eigenvalue weighted by Crippen LogP contribution is -2.27. The number of fused-ring (bicyclic) bond motifs is 1. The molecule has 0 bridgehead atoms. The normalized spacial score (nSPS) is 13.3. The van der Waals surface area contributed by atoms with Crippen LogP contribution in [0.5, 0.6) is 5.75 Å². The van der Waals surface area contributed by atoms with Crippen molar-refractivity contribution in [2.75, 3.05) is 13.2 Å². The molecular formula is C24H30N4O4. The number of hydrogen-bond donors (Lipinski definition) is 1. The maximum Gasteiger partial charge on any atom is 0.273 e. The fourth-order valence-corrected chi connectivity index (χ4v) is 3.87. The van der Waals surface area contributed by atoms with E-state index < -0.39 is 0 Å². The lowest BCUT2D eigenvalue weighted by atomic mass is 10.1. The average Bonchev–Trinajstić information content (AvgIpc) is 3.34. The van der Waals surface area contributed by atoms with E-state index in [2.05, 4.69) is 29.0 Å². The molecule has 3 heterocycles. The van der Waals surface area contributed by atoms with Crippen LogP contribution in [0.15, 0.2) is 28.8 Å². The average molecular weight is 439 g/mol. The Balaban J connectivity index is 1.38. The van der Waals surface area contributed by atoms with Crippen molar-refractivity contribution in [3.8, 4) is 5.75 Å². The summed E-state index contributed by atoms with van der Waals surface area (Å²) in [7, 11) is 0. The SMILES string of the molecule is Cc1ccc(OCc2c(C(=O)NCCc3nn(C(C)C)c4c3COCC4)noc2C)cc1. The van der Waals surface area contributed by atoms with E-state index in [1.54, 1.807) is 6.92 Å². The van der Waals surface area contributed by atoms with Crippen molar-refractivity contribution in [2.45, 2.75) is 59.8 Å². The van der Waals surface area contributed by atoms with Crippen molar-refractivity contribution in [1.29, 1.82) is 0 Å². The number of carbonyl (C=O) groups is 1. The predicted molar refractivity (Wildman–Crippen MR) is 119 cm³/mol. The quantitative estimate of drug-likeness (QED) is 0.577. The van der Waals surface area contributed by atoms with Gasteiger partial charge in [-0.1, -0.05) is 22.9 Å². The van der Waals surface area contributed by atoms with Gasteiger partial charge in [0.05, 0.1) is 24.5 Å². The molecule has 1 aliphatic heterocycles. The van der Waals surface area contributed by atoms with Gasteiger partial charge in [0.15, 0.2) is 5.69 Å². The van der Waals surface area contributed by atoms with Crippen LogP contribution in [0.1, 0.15) is 64.2 Å². The summed E-state index contributed by atoms with van der Waals surface area (Å²) in [5.41, 5.74) is 5.45. The van der Waals surface area contributed by atoms with Gasteiger partial charge < -0.3 is 19.3 Å². The first kappa shape index (κ1) is 22.1. The Morgan fingerprint density at radius 2 is 2.03 bits per heavy atom. The van der Waals surface area contributed by atoms with E-state index in [0.29, 0.717) is 36.9 Å². The van der Waals surface area contributed by atoms with Gasteiger partial charge in [0.2, 0.25) is 0 Å². The molecule has 32 heavy (non-hydrogen) atoms. The molecule has 170 valence electrons. The minimum absolute atomic E-state index is 0.213. The van der Waals surface area contributed by atoms with Gasteiger partial charge in [0, 0.05) is 36.7 Å². The molecule has 2 aromatic heterocycles. The second-order valence-corrected chi connectivity index (χ2v) is 8.39. The van der Waals surface area contributed by atoms with Gasteiger partial charge in [-0.15, -0.1) is 0 Å². The highest BCUT2D eigenvalue weighted by molar-refractivity contribution is 5.93. The maximum absolute atomic E-state index is 12.8. The third-order valence-corrected chi connectivity index (χ3v) is 5.67. The van der Waals surface area contributed by atoms with E-state index >= 15 is 0 Å². The van der Waals surface area contributed by atoms with Crippen LogP contribution in [0.3, 0.4) is 0 Å². The summed E-state index contributed by atoms with van der Waals surface area (Å²) in [6.07, 6.45) is 1.50. The standard InChI is InChI=1S/C24H30N4O4/c1-15(2)28-22-10-12-30-13-20(22)21(26-28)9-11-25-24(29)23-19(17(4)32-27-23)14-31-18-7-5-16(3)6-8-18/h5-8,15H,9-14H2,1-4H3,(H,25,29). The van der Waals surface area contributed by atoms with E-state index in [4.69, 9.17) is 19.1 Å². The molecule has 0 saturated heterocycles. The molecule has 3 aromatic rings. The van der Waals surface area contributed by atoms with Crippen molar-refractivity contribution >= 4 is 5.91 Å².